The Balaban J connectivity index is 0.000000774. The lowest BCUT2D eigenvalue weighted by atomic mass is 9.85. The van der Waals surface area contributed by atoms with E-state index in [9.17, 15) is 0 Å². The fourth-order valence-electron chi connectivity index (χ4n) is 3.05. The smallest absolute Gasteiger partial charge is 0.142 e. The molecule has 1 aromatic carbocycles. The molecular formula is C19H29NO. The fraction of sp³-hybridized carbons (Fsp3) is 0.579. The van der Waals surface area contributed by atoms with Crippen LogP contribution in [0, 0.1) is 11.8 Å². The number of anilines is 1. The Morgan fingerprint density at radius 2 is 2.00 bits per heavy atom. The maximum absolute atomic E-state index is 5.99. The van der Waals surface area contributed by atoms with Crippen molar-refractivity contribution in [3.05, 3.63) is 36.9 Å². The zero-order valence-electron chi connectivity index (χ0n) is 13.6. The number of nitrogens with zero attached hydrogens (tertiary/aromatic N) is 1. The summed E-state index contributed by atoms with van der Waals surface area (Å²) in [5.74, 6) is 2.49. The van der Waals surface area contributed by atoms with Crippen LogP contribution in [0.15, 0.2) is 36.9 Å². The summed E-state index contributed by atoms with van der Waals surface area (Å²) in [5.41, 5.74) is 1.28. The van der Waals surface area contributed by atoms with Gasteiger partial charge in [-0.05, 0) is 37.3 Å². The van der Waals surface area contributed by atoms with Gasteiger partial charge >= 0.3 is 0 Å². The van der Waals surface area contributed by atoms with Gasteiger partial charge in [-0.3, -0.25) is 0 Å². The molecule has 21 heavy (non-hydrogen) atoms. The van der Waals surface area contributed by atoms with E-state index in [4.69, 9.17) is 4.74 Å². The molecule has 1 saturated carbocycles. The zero-order chi connectivity index (χ0) is 15.1. The maximum atomic E-state index is 5.99. The van der Waals surface area contributed by atoms with Gasteiger partial charge in [-0.15, -0.1) is 6.58 Å². The molecule has 116 valence electrons. The van der Waals surface area contributed by atoms with Crippen molar-refractivity contribution in [1.29, 1.82) is 0 Å². The minimum absolute atomic E-state index is 0.560. The molecule has 0 saturated heterocycles. The lowest BCUT2D eigenvalue weighted by molar-refractivity contribution is 0.259. The van der Waals surface area contributed by atoms with Crippen molar-refractivity contribution in [2.75, 3.05) is 24.6 Å². The van der Waals surface area contributed by atoms with Gasteiger partial charge in [-0.2, -0.15) is 0 Å². The van der Waals surface area contributed by atoms with Gasteiger partial charge < -0.3 is 9.64 Å². The van der Waals surface area contributed by atoms with Crippen LogP contribution in [-0.4, -0.2) is 19.7 Å². The highest BCUT2D eigenvalue weighted by molar-refractivity contribution is 5.59. The topological polar surface area (TPSA) is 12.5 Å². The highest BCUT2D eigenvalue weighted by Crippen LogP contribution is 2.35. The number of allylic oxidation sites excluding steroid dienone is 1. The predicted octanol–water partition coefficient (Wildman–Crippen LogP) is 4.90. The first-order valence-corrected chi connectivity index (χ1v) is 8.44. The fourth-order valence-corrected chi connectivity index (χ4v) is 3.05. The Kier molecular flexibility index (Phi) is 6.16. The third-order valence-electron chi connectivity index (χ3n) is 4.36. The summed E-state index contributed by atoms with van der Waals surface area (Å²) in [7, 11) is 0. The lowest BCUT2D eigenvalue weighted by Crippen LogP contribution is -2.36. The lowest BCUT2D eigenvalue weighted by Gasteiger charge is -2.34. The third-order valence-corrected chi connectivity index (χ3v) is 4.36. The molecular weight excluding hydrogens is 258 g/mol. The normalized spacial score (nSPS) is 21.0. The van der Waals surface area contributed by atoms with Crippen LogP contribution in [0.5, 0.6) is 5.75 Å². The van der Waals surface area contributed by atoms with Crippen LogP contribution in [0.2, 0.25) is 0 Å². The molecule has 2 nitrogen and oxygen atoms in total. The van der Waals surface area contributed by atoms with Crippen molar-refractivity contribution in [2.24, 2.45) is 11.8 Å². The summed E-state index contributed by atoms with van der Waals surface area (Å²) in [6.45, 7) is 11.0. The van der Waals surface area contributed by atoms with Gasteiger partial charge in [-0.25, -0.2) is 0 Å². The minimum Gasteiger partial charge on any atom is -0.491 e. The van der Waals surface area contributed by atoms with Crippen LogP contribution in [0.25, 0.3) is 0 Å². The number of ether oxygens (including phenoxy) is 1. The standard InChI is InChI=1S/C17H23NO.C2H6/c1-2-6-15-12-18(11-14-7-5-8-14)16-9-3-4-10-17(16)19-13-15;1-2/h2-4,9-10,14-15H,1,5-8,11-13H2;1-2H3. The van der Waals surface area contributed by atoms with Crippen molar-refractivity contribution in [3.63, 3.8) is 0 Å². The average molecular weight is 287 g/mol. The molecule has 2 heteroatoms. The Labute approximate surface area is 129 Å². The van der Waals surface area contributed by atoms with Crippen LogP contribution < -0.4 is 9.64 Å². The average Bonchev–Trinajstić information content (AvgIpc) is 2.66. The van der Waals surface area contributed by atoms with Crippen molar-refractivity contribution in [3.8, 4) is 5.75 Å². The predicted molar refractivity (Wildman–Crippen MR) is 91.1 cm³/mol. The highest BCUT2D eigenvalue weighted by atomic mass is 16.5. The van der Waals surface area contributed by atoms with E-state index in [0.29, 0.717) is 5.92 Å². The van der Waals surface area contributed by atoms with Crippen LogP contribution in [0.4, 0.5) is 5.69 Å². The molecule has 0 spiro atoms. The molecule has 1 heterocycles. The summed E-state index contributed by atoms with van der Waals surface area (Å²) in [5, 5.41) is 0. The van der Waals surface area contributed by atoms with E-state index < -0.39 is 0 Å². The summed E-state index contributed by atoms with van der Waals surface area (Å²) in [6.07, 6.45) is 7.25. The molecule has 1 aliphatic heterocycles. The van der Waals surface area contributed by atoms with Gasteiger partial charge in [0.15, 0.2) is 0 Å². The number of fused-ring (bicyclic) bond motifs is 1. The van der Waals surface area contributed by atoms with E-state index in [0.717, 1.165) is 31.2 Å². The Bertz CT molecular complexity index is 439. The monoisotopic (exact) mass is 287 g/mol. The molecule has 1 atom stereocenters. The first-order chi connectivity index (χ1) is 10.4. The number of rotatable bonds is 4. The molecule has 1 aliphatic carbocycles. The highest BCUT2D eigenvalue weighted by Gasteiger charge is 2.26. The zero-order valence-corrected chi connectivity index (χ0v) is 13.6. The van der Waals surface area contributed by atoms with Crippen molar-refractivity contribution >= 4 is 5.69 Å². The Morgan fingerprint density at radius 1 is 1.24 bits per heavy atom. The summed E-state index contributed by atoms with van der Waals surface area (Å²) < 4.78 is 5.99. The van der Waals surface area contributed by atoms with Crippen LogP contribution in [-0.2, 0) is 0 Å². The van der Waals surface area contributed by atoms with Crippen molar-refractivity contribution in [2.45, 2.75) is 39.5 Å². The van der Waals surface area contributed by atoms with Gasteiger partial charge in [0.05, 0.1) is 12.3 Å². The van der Waals surface area contributed by atoms with E-state index in [2.05, 4.69) is 35.7 Å². The van der Waals surface area contributed by atoms with Crippen molar-refractivity contribution in [1.82, 2.24) is 0 Å². The quantitative estimate of drug-likeness (QED) is 0.730. The number of hydrogen-bond acceptors (Lipinski definition) is 2. The van der Waals surface area contributed by atoms with E-state index >= 15 is 0 Å². The number of benzene rings is 1. The van der Waals surface area contributed by atoms with E-state index in [-0.39, 0.29) is 0 Å². The Morgan fingerprint density at radius 3 is 2.67 bits per heavy atom. The first kappa shape index (κ1) is 15.9. The minimum atomic E-state index is 0.560. The second-order valence-corrected chi connectivity index (χ2v) is 5.87. The van der Waals surface area contributed by atoms with E-state index in [1.165, 1.54) is 31.5 Å². The number of hydrogen-bond donors (Lipinski definition) is 0. The largest absolute Gasteiger partial charge is 0.491 e. The molecule has 1 aromatic rings. The summed E-state index contributed by atoms with van der Waals surface area (Å²) >= 11 is 0. The molecule has 3 rings (SSSR count). The van der Waals surface area contributed by atoms with E-state index in [1.54, 1.807) is 0 Å². The van der Waals surface area contributed by atoms with E-state index in [1.807, 2.05) is 19.9 Å². The molecule has 0 radical (unpaired) electrons. The third kappa shape index (κ3) is 4.03. The maximum Gasteiger partial charge on any atom is 0.142 e. The molecule has 0 N–H and O–H groups in total. The molecule has 0 bridgehead atoms. The van der Waals surface area contributed by atoms with Gasteiger partial charge in [0, 0.05) is 19.0 Å². The molecule has 2 aliphatic rings. The Hall–Kier alpha value is -1.44. The number of para-hydroxylation sites is 2. The second-order valence-electron chi connectivity index (χ2n) is 5.87. The second kappa shape index (κ2) is 8.11. The summed E-state index contributed by atoms with van der Waals surface area (Å²) in [6, 6.07) is 8.47. The van der Waals surface area contributed by atoms with Crippen molar-refractivity contribution < 1.29 is 4.74 Å². The van der Waals surface area contributed by atoms with Crippen LogP contribution >= 0.6 is 0 Å². The van der Waals surface area contributed by atoms with Gasteiger partial charge in [0.1, 0.15) is 5.75 Å². The van der Waals surface area contributed by atoms with Crippen LogP contribution in [0.3, 0.4) is 0 Å². The van der Waals surface area contributed by atoms with Gasteiger partial charge in [0.25, 0.3) is 0 Å². The SMILES string of the molecule is C=CCC1COc2ccccc2N(CC2CCC2)C1.CC. The molecule has 0 aromatic heterocycles. The summed E-state index contributed by atoms with van der Waals surface area (Å²) in [4.78, 5) is 2.54. The molecule has 1 unspecified atom stereocenters. The first-order valence-electron chi connectivity index (χ1n) is 8.44. The van der Waals surface area contributed by atoms with Gasteiger partial charge in [0.2, 0.25) is 0 Å². The van der Waals surface area contributed by atoms with Crippen LogP contribution in [0.1, 0.15) is 39.5 Å². The molecule has 0 amide bonds. The molecule has 1 fully saturated rings. The van der Waals surface area contributed by atoms with Gasteiger partial charge in [-0.1, -0.05) is 38.5 Å².